The molecule has 3 rings (SSSR count). The Kier molecular flexibility index (Phi) is 8.68. The van der Waals surface area contributed by atoms with Crippen LogP contribution in [0.25, 0.3) is 11.1 Å². The molecule has 0 aliphatic heterocycles. The summed E-state index contributed by atoms with van der Waals surface area (Å²) in [6, 6.07) is 15.9. The standard InChI is InChI=1S/C27H34N2O5/c1-17(2)12-19(14-25(30)29-18(3)13-26(31)32)15-28-27(33)34-16-24-22-10-6-4-8-20(22)21-9-5-7-11-23(21)24/h4-11,17-19,24H,12-16H2,1-3H3,(H,28,33)(H,29,30)(H,31,32)/t18-,19+/m1/s1. The molecule has 0 aromatic heterocycles. The zero-order chi connectivity index (χ0) is 24.7. The van der Waals surface area contributed by atoms with Gasteiger partial charge in [-0.2, -0.15) is 0 Å². The second-order valence-corrected chi connectivity index (χ2v) is 9.47. The maximum atomic E-state index is 12.5. The lowest BCUT2D eigenvalue weighted by molar-refractivity contribution is -0.137. The van der Waals surface area contributed by atoms with Crippen molar-refractivity contribution in [3.05, 3.63) is 59.7 Å². The van der Waals surface area contributed by atoms with Gasteiger partial charge in [-0.3, -0.25) is 9.59 Å². The fourth-order valence-corrected chi connectivity index (χ4v) is 4.69. The van der Waals surface area contributed by atoms with E-state index in [9.17, 15) is 14.4 Å². The van der Waals surface area contributed by atoms with E-state index in [2.05, 4.69) is 48.7 Å². The number of carbonyl (C=O) groups excluding carboxylic acids is 2. The van der Waals surface area contributed by atoms with Crippen molar-refractivity contribution in [1.29, 1.82) is 0 Å². The quantitative estimate of drug-likeness (QED) is 0.450. The van der Waals surface area contributed by atoms with Gasteiger partial charge in [0.1, 0.15) is 6.61 Å². The van der Waals surface area contributed by atoms with Crippen LogP contribution in [0, 0.1) is 11.8 Å². The lowest BCUT2D eigenvalue weighted by Crippen LogP contribution is -2.38. The first-order chi connectivity index (χ1) is 16.2. The predicted octanol–water partition coefficient (Wildman–Crippen LogP) is 4.56. The van der Waals surface area contributed by atoms with Crippen molar-refractivity contribution in [3.63, 3.8) is 0 Å². The van der Waals surface area contributed by atoms with Gasteiger partial charge in [0, 0.05) is 24.9 Å². The molecule has 0 unspecified atom stereocenters. The zero-order valence-electron chi connectivity index (χ0n) is 20.0. The molecule has 0 bridgehead atoms. The van der Waals surface area contributed by atoms with E-state index in [0.717, 1.165) is 17.5 Å². The zero-order valence-corrected chi connectivity index (χ0v) is 20.0. The van der Waals surface area contributed by atoms with Crippen molar-refractivity contribution in [2.45, 2.75) is 52.0 Å². The lowest BCUT2D eigenvalue weighted by atomic mass is 9.93. The first-order valence-electron chi connectivity index (χ1n) is 11.8. The molecule has 1 aliphatic carbocycles. The van der Waals surface area contributed by atoms with E-state index in [1.54, 1.807) is 6.92 Å². The van der Waals surface area contributed by atoms with Gasteiger partial charge in [0.05, 0.1) is 6.42 Å². The average molecular weight is 467 g/mol. The van der Waals surface area contributed by atoms with E-state index in [0.29, 0.717) is 12.5 Å². The maximum Gasteiger partial charge on any atom is 0.407 e. The Morgan fingerprint density at radius 2 is 1.53 bits per heavy atom. The Hall–Kier alpha value is -3.35. The average Bonchev–Trinajstić information content (AvgIpc) is 3.08. The Labute approximate surface area is 200 Å². The predicted molar refractivity (Wildman–Crippen MR) is 130 cm³/mol. The van der Waals surface area contributed by atoms with Gasteiger partial charge in [-0.25, -0.2) is 4.79 Å². The van der Waals surface area contributed by atoms with Gasteiger partial charge in [0.2, 0.25) is 5.91 Å². The number of rotatable bonds is 11. The number of ether oxygens (including phenoxy) is 1. The number of carboxylic acid groups (broad SMARTS) is 1. The number of fused-ring (bicyclic) bond motifs is 3. The molecule has 34 heavy (non-hydrogen) atoms. The van der Waals surface area contributed by atoms with Gasteiger partial charge < -0.3 is 20.5 Å². The van der Waals surface area contributed by atoms with Crippen molar-refractivity contribution in [1.82, 2.24) is 10.6 Å². The van der Waals surface area contributed by atoms with E-state index in [1.165, 1.54) is 11.1 Å². The summed E-state index contributed by atoms with van der Waals surface area (Å²) in [6.07, 6.45) is 0.338. The first kappa shape index (κ1) is 25.3. The molecule has 0 saturated heterocycles. The molecule has 2 aromatic rings. The van der Waals surface area contributed by atoms with Gasteiger partial charge in [0.15, 0.2) is 0 Å². The molecule has 7 heteroatoms. The summed E-state index contributed by atoms with van der Waals surface area (Å²) >= 11 is 0. The second-order valence-electron chi connectivity index (χ2n) is 9.47. The summed E-state index contributed by atoms with van der Waals surface area (Å²) in [5, 5.41) is 14.4. The fourth-order valence-electron chi connectivity index (χ4n) is 4.69. The minimum Gasteiger partial charge on any atom is -0.481 e. The minimum atomic E-state index is -0.955. The minimum absolute atomic E-state index is 0.00823. The van der Waals surface area contributed by atoms with Gasteiger partial charge in [0.25, 0.3) is 0 Å². The highest BCUT2D eigenvalue weighted by atomic mass is 16.5. The van der Waals surface area contributed by atoms with Crippen LogP contribution in [0.1, 0.15) is 57.1 Å². The lowest BCUT2D eigenvalue weighted by Gasteiger charge is -2.21. The SMILES string of the molecule is CC(C)C[C@H](CNC(=O)OCC1c2ccccc2-c2ccccc21)CC(=O)N[C@H](C)CC(=O)O. The van der Waals surface area contributed by atoms with E-state index >= 15 is 0 Å². The Balaban J connectivity index is 1.53. The number of hydrogen-bond donors (Lipinski definition) is 3. The highest BCUT2D eigenvalue weighted by molar-refractivity contribution is 5.79. The monoisotopic (exact) mass is 466 g/mol. The first-order valence-corrected chi connectivity index (χ1v) is 11.8. The summed E-state index contributed by atoms with van der Waals surface area (Å²) in [5.74, 6) is -0.903. The van der Waals surface area contributed by atoms with Gasteiger partial charge in [-0.15, -0.1) is 0 Å². The fraction of sp³-hybridized carbons (Fsp3) is 0.444. The Bertz CT molecular complexity index is 974. The number of benzene rings is 2. The van der Waals surface area contributed by atoms with Crippen LogP contribution in [-0.4, -0.2) is 42.3 Å². The van der Waals surface area contributed by atoms with Crippen molar-refractivity contribution >= 4 is 18.0 Å². The smallest absolute Gasteiger partial charge is 0.407 e. The molecule has 1 aliphatic rings. The van der Waals surface area contributed by atoms with Crippen LogP contribution in [0.4, 0.5) is 4.79 Å². The number of carbonyl (C=O) groups is 3. The van der Waals surface area contributed by atoms with Crippen molar-refractivity contribution < 1.29 is 24.2 Å². The normalized spacial score (nSPS) is 14.1. The molecule has 0 heterocycles. The summed E-state index contributed by atoms with van der Waals surface area (Å²) in [4.78, 5) is 35.7. The third kappa shape index (κ3) is 6.83. The van der Waals surface area contributed by atoms with Gasteiger partial charge in [-0.05, 0) is 47.4 Å². The number of alkyl carbamates (subject to hydrolysis) is 1. The van der Waals surface area contributed by atoms with E-state index in [4.69, 9.17) is 9.84 Å². The molecule has 2 aromatic carbocycles. The van der Waals surface area contributed by atoms with Crippen LogP contribution in [0.3, 0.4) is 0 Å². The van der Waals surface area contributed by atoms with Crippen LogP contribution >= 0.6 is 0 Å². The molecule has 0 fully saturated rings. The Morgan fingerprint density at radius 3 is 2.09 bits per heavy atom. The van der Waals surface area contributed by atoms with Crippen molar-refractivity contribution in [2.75, 3.05) is 13.2 Å². The number of aliphatic carboxylic acids is 1. The molecule has 2 atom stereocenters. The van der Waals surface area contributed by atoms with Crippen LogP contribution in [0.5, 0.6) is 0 Å². The molecule has 7 nitrogen and oxygen atoms in total. The van der Waals surface area contributed by atoms with E-state index in [1.807, 2.05) is 24.3 Å². The number of hydrogen-bond acceptors (Lipinski definition) is 4. The molecule has 0 radical (unpaired) electrons. The molecule has 3 N–H and O–H groups in total. The number of nitrogens with one attached hydrogen (secondary N) is 2. The third-order valence-corrected chi connectivity index (χ3v) is 6.05. The molecular formula is C27H34N2O5. The summed E-state index contributed by atoms with van der Waals surface area (Å²) in [6.45, 7) is 6.34. The summed E-state index contributed by atoms with van der Waals surface area (Å²) < 4.78 is 5.59. The van der Waals surface area contributed by atoms with Gasteiger partial charge >= 0.3 is 12.1 Å². The van der Waals surface area contributed by atoms with E-state index in [-0.39, 0.29) is 37.2 Å². The molecular weight excluding hydrogens is 432 g/mol. The molecule has 182 valence electrons. The maximum absolute atomic E-state index is 12.5. The number of carboxylic acids is 1. The number of amides is 2. The van der Waals surface area contributed by atoms with Gasteiger partial charge in [-0.1, -0.05) is 62.4 Å². The van der Waals surface area contributed by atoms with Crippen molar-refractivity contribution in [2.24, 2.45) is 11.8 Å². The largest absolute Gasteiger partial charge is 0.481 e. The van der Waals surface area contributed by atoms with Crippen LogP contribution in [-0.2, 0) is 14.3 Å². The molecule has 0 saturated carbocycles. The van der Waals surface area contributed by atoms with Crippen molar-refractivity contribution in [3.8, 4) is 11.1 Å². The summed E-state index contributed by atoms with van der Waals surface area (Å²) in [7, 11) is 0. The van der Waals surface area contributed by atoms with Crippen LogP contribution in [0.2, 0.25) is 0 Å². The molecule has 2 amide bonds. The Morgan fingerprint density at radius 1 is 0.941 bits per heavy atom. The van der Waals surface area contributed by atoms with E-state index < -0.39 is 18.1 Å². The summed E-state index contributed by atoms with van der Waals surface area (Å²) in [5.41, 5.74) is 4.65. The molecule has 0 spiro atoms. The third-order valence-electron chi connectivity index (χ3n) is 6.05. The highest BCUT2D eigenvalue weighted by Crippen LogP contribution is 2.44. The van der Waals surface area contributed by atoms with Crippen LogP contribution in [0.15, 0.2) is 48.5 Å². The topological polar surface area (TPSA) is 105 Å². The van der Waals surface area contributed by atoms with Crippen LogP contribution < -0.4 is 10.6 Å². The highest BCUT2D eigenvalue weighted by Gasteiger charge is 2.29. The second kappa shape index (κ2) is 11.7.